The molecule has 2 aromatic carbocycles. The summed E-state index contributed by atoms with van der Waals surface area (Å²) < 4.78 is 47.5. The van der Waals surface area contributed by atoms with Gasteiger partial charge in [-0.1, -0.05) is 25.1 Å². The first-order valence-electron chi connectivity index (χ1n) is 8.45. The van der Waals surface area contributed by atoms with Gasteiger partial charge >= 0.3 is 0 Å². The zero-order valence-electron chi connectivity index (χ0n) is 15.1. The molecule has 146 valence electrons. The molecule has 0 saturated heterocycles. The highest BCUT2D eigenvalue weighted by atomic mass is 19.1. The SMILES string of the molecule is CCCNC(=O)c1nnc2c(-c3c(F)cc(F)c(OC)c3F)cccc2c1N. The van der Waals surface area contributed by atoms with Crippen LogP contribution in [0, 0.1) is 17.5 Å². The number of amides is 1. The molecule has 0 aliphatic carbocycles. The molecule has 3 N–H and O–H groups in total. The van der Waals surface area contributed by atoms with Gasteiger partial charge in [-0.2, -0.15) is 0 Å². The van der Waals surface area contributed by atoms with Gasteiger partial charge in [-0.3, -0.25) is 4.79 Å². The number of ether oxygens (including phenoxy) is 1. The molecule has 0 spiro atoms. The molecule has 1 amide bonds. The van der Waals surface area contributed by atoms with E-state index in [1.165, 1.54) is 12.1 Å². The van der Waals surface area contributed by atoms with E-state index < -0.39 is 34.7 Å². The van der Waals surface area contributed by atoms with Crippen molar-refractivity contribution in [2.75, 3.05) is 19.4 Å². The fourth-order valence-corrected chi connectivity index (χ4v) is 2.85. The van der Waals surface area contributed by atoms with Gasteiger partial charge in [-0.25, -0.2) is 13.2 Å². The van der Waals surface area contributed by atoms with Crippen LogP contribution in [0.5, 0.6) is 5.75 Å². The third-order valence-electron chi connectivity index (χ3n) is 4.18. The normalized spacial score (nSPS) is 10.9. The second-order valence-corrected chi connectivity index (χ2v) is 5.98. The fraction of sp³-hybridized carbons (Fsp3) is 0.211. The third-order valence-corrected chi connectivity index (χ3v) is 4.18. The Morgan fingerprint density at radius 2 is 1.96 bits per heavy atom. The first kappa shape index (κ1) is 19.4. The number of aromatic nitrogens is 2. The number of nitrogens with zero attached hydrogens (tertiary/aromatic N) is 2. The number of nitrogens with two attached hydrogens (primary N) is 1. The van der Waals surface area contributed by atoms with Crippen LogP contribution < -0.4 is 15.8 Å². The largest absolute Gasteiger partial charge is 0.491 e. The van der Waals surface area contributed by atoms with Crippen LogP contribution in [0.1, 0.15) is 23.8 Å². The van der Waals surface area contributed by atoms with Crippen molar-refractivity contribution >= 4 is 22.5 Å². The molecule has 0 atom stereocenters. The summed E-state index contributed by atoms with van der Waals surface area (Å²) in [4.78, 5) is 12.2. The van der Waals surface area contributed by atoms with Crippen LogP contribution in [-0.2, 0) is 0 Å². The first-order chi connectivity index (χ1) is 13.4. The molecular weight excluding hydrogens is 373 g/mol. The maximum absolute atomic E-state index is 14.7. The van der Waals surface area contributed by atoms with Gasteiger partial charge in [0.25, 0.3) is 5.91 Å². The van der Waals surface area contributed by atoms with Crippen LogP contribution in [-0.4, -0.2) is 29.8 Å². The number of nitrogen functional groups attached to an aromatic ring is 1. The smallest absolute Gasteiger partial charge is 0.273 e. The van der Waals surface area contributed by atoms with Gasteiger partial charge in [0.2, 0.25) is 0 Å². The molecule has 0 unspecified atom stereocenters. The summed E-state index contributed by atoms with van der Waals surface area (Å²) in [7, 11) is 1.07. The lowest BCUT2D eigenvalue weighted by Gasteiger charge is -2.13. The van der Waals surface area contributed by atoms with Gasteiger partial charge in [0.15, 0.2) is 23.1 Å². The average Bonchev–Trinajstić information content (AvgIpc) is 2.66. The lowest BCUT2D eigenvalue weighted by atomic mass is 9.99. The Kier molecular flexibility index (Phi) is 5.34. The highest BCUT2D eigenvalue weighted by molar-refractivity contribution is 6.07. The quantitative estimate of drug-likeness (QED) is 0.697. The Morgan fingerprint density at radius 3 is 2.64 bits per heavy atom. The summed E-state index contributed by atoms with van der Waals surface area (Å²) in [6.07, 6.45) is 0.724. The minimum Gasteiger partial charge on any atom is -0.491 e. The molecule has 6 nitrogen and oxygen atoms in total. The van der Waals surface area contributed by atoms with Crippen molar-refractivity contribution in [1.82, 2.24) is 15.5 Å². The topological polar surface area (TPSA) is 90.1 Å². The number of benzene rings is 2. The molecule has 0 fully saturated rings. The summed E-state index contributed by atoms with van der Waals surface area (Å²) in [5.74, 6) is -4.72. The minimum atomic E-state index is -1.21. The number of fused-ring (bicyclic) bond motifs is 1. The molecule has 0 bridgehead atoms. The summed E-state index contributed by atoms with van der Waals surface area (Å²) in [5.41, 5.74) is 5.54. The van der Waals surface area contributed by atoms with Crippen molar-refractivity contribution < 1.29 is 22.7 Å². The number of halogens is 3. The Morgan fingerprint density at radius 1 is 1.21 bits per heavy atom. The lowest BCUT2D eigenvalue weighted by molar-refractivity contribution is 0.0949. The minimum absolute atomic E-state index is 0.00511. The Bertz CT molecular complexity index is 1070. The molecule has 0 aliphatic rings. The van der Waals surface area contributed by atoms with E-state index in [1.54, 1.807) is 6.07 Å². The highest BCUT2D eigenvalue weighted by Crippen LogP contribution is 2.37. The lowest BCUT2D eigenvalue weighted by Crippen LogP contribution is -2.26. The van der Waals surface area contributed by atoms with E-state index in [9.17, 15) is 18.0 Å². The number of carbonyl (C=O) groups is 1. The van der Waals surface area contributed by atoms with Gasteiger partial charge in [-0.05, 0) is 6.42 Å². The zero-order chi connectivity index (χ0) is 20.4. The van der Waals surface area contributed by atoms with E-state index >= 15 is 0 Å². The Labute approximate surface area is 158 Å². The van der Waals surface area contributed by atoms with E-state index in [1.807, 2.05) is 6.92 Å². The van der Waals surface area contributed by atoms with Gasteiger partial charge in [0, 0.05) is 23.6 Å². The van der Waals surface area contributed by atoms with Crippen molar-refractivity contribution in [3.05, 3.63) is 47.4 Å². The van der Waals surface area contributed by atoms with E-state index in [2.05, 4.69) is 20.3 Å². The summed E-state index contributed by atoms with van der Waals surface area (Å²) in [6.45, 7) is 2.33. The van der Waals surface area contributed by atoms with Crippen molar-refractivity contribution in [1.29, 1.82) is 0 Å². The van der Waals surface area contributed by atoms with Crippen molar-refractivity contribution in [3.63, 3.8) is 0 Å². The average molecular weight is 390 g/mol. The molecule has 9 heteroatoms. The van der Waals surface area contributed by atoms with Crippen molar-refractivity contribution in [3.8, 4) is 16.9 Å². The number of anilines is 1. The summed E-state index contributed by atoms with van der Waals surface area (Å²) in [5, 5.41) is 10.7. The standard InChI is InChI=1S/C19H17F3N4O2/c1-3-7-24-19(27)17-15(23)10-6-4-5-9(16(10)25-26-17)13-11(20)8-12(21)18(28-2)14(13)22/h4-6,8H,3,7H2,1-2H3,(H2,23,25)(H,24,27). The van der Waals surface area contributed by atoms with Crippen LogP contribution in [0.3, 0.4) is 0 Å². The van der Waals surface area contributed by atoms with Gasteiger partial charge in [-0.15, -0.1) is 10.2 Å². The highest BCUT2D eigenvalue weighted by Gasteiger charge is 2.24. The first-order valence-corrected chi connectivity index (χ1v) is 8.45. The number of nitrogens with one attached hydrogen (secondary N) is 1. The predicted molar refractivity (Wildman–Crippen MR) is 98.4 cm³/mol. The Hall–Kier alpha value is -3.36. The van der Waals surface area contributed by atoms with Crippen molar-refractivity contribution in [2.45, 2.75) is 13.3 Å². The van der Waals surface area contributed by atoms with Crippen molar-refractivity contribution in [2.24, 2.45) is 0 Å². The van der Waals surface area contributed by atoms with E-state index in [-0.39, 0.29) is 27.8 Å². The molecule has 1 heterocycles. The van der Waals surface area contributed by atoms with E-state index in [0.29, 0.717) is 12.6 Å². The number of hydrogen-bond acceptors (Lipinski definition) is 5. The molecule has 0 aliphatic heterocycles. The number of methoxy groups -OCH3 is 1. The monoisotopic (exact) mass is 390 g/mol. The number of carbonyl (C=O) groups excluding carboxylic acids is 1. The van der Waals surface area contributed by atoms with E-state index in [4.69, 9.17) is 5.73 Å². The van der Waals surface area contributed by atoms with Gasteiger partial charge in [0.05, 0.1) is 18.4 Å². The molecule has 0 saturated carbocycles. The maximum Gasteiger partial charge on any atom is 0.273 e. The van der Waals surface area contributed by atoms with Crippen LogP contribution >= 0.6 is 0 Å². The molecule has 28 heavy (non-hydrogen) atoms. The summed E-state index contributed by atoms with van der Waals surface area (Å²) >= 11 is 0. The molecule has 0 radical (unpaired) electrons. The predicted octanol–water partition coefficient (Wildman–Crippen LogP) is 3.44. The second-order valence-electron chi connectivity index (χ2n) is 5.98. The van der Waals surface area contributed by atoms with Crippen LogP contribution in [0.15, 0.2) is 24.3 Å². The summed E-state index contributed by atoms with van der Waals surface area (Å²) in [6, 6.07) is 4.97. The fourth-order valence-electron chi connectivity index (χ4n) is 2.85. The molecular formula is C19H17F3N4O2. The second kappa shape index (κ2) is 7.71. The van der Waals surface area contributed by atoms with Crippen LogP contribution in [0.25, 0.3) is 22.0 Å². The van der Waals surface area contributed by atoms with E-state index in [0.717, 1.165) is 13.5 Å². The van der Waals surface area contributed by atoms with Gasteiger partial charge in [0.1, 0.15) is 11.3 Å². The number of hydrogen-bond donors (Lipinski definition) is 2. The molecule has 3 aromatic rings. The molecule has 1 aromatic heterocycles. The number of rotatable bonds is 5. The Balaban J connectivity index is 2.23. The zero-order valence-corrected chi connectivity index (χ0v) is 15.1. The maximum atomic E-state index is 14.7. The third kappa shape index (κ3) is 3.19. The van der Waals surface area contributed by atoms with Crippen LogP contribution in [0.2, 0.25) is 0 Å². The molecule has 3 rings (SSSR count). The van der Waals surface area contributed by atoms with Gasteiger partial charge < -0.3 is 15.8 Å². The van der Waals surface area contributed by atoms with Crippen LogP contribution in [0.4, 0.5) is 18.9 Å².